The van der Waals surface area contributed by atoms with Crippen LogP contribution in [0.5, 0.6) is 0 Å². The van der Waals surface area contributed by atoms with Crippen LogP contribution in [0.4, 0.5) is 5.95 Å². The molecule has 12 heavy (non-hydrogen) atoms. The molecule has 0 aliphatic carbocycles. The van der Waals surface area contributed by atoms with Crippen molar-refractivity contribution in [3.05, 3.63) is 16.7 Å². The van der Waals surface area contributed by atoms with Crippen molar-refractivity contribution in [2.24, 2.45) is 0 Å². The molecular formula is C5H5N5OPt. The minimum atomic E-state index is -0.301. The summed E-state index contributed by atoms with van der Waals surface area (Å²) in [5, 5.41) is 0. The molecule has 66 valence electrons. The number of aromatic nitrogens is 4. The molecule has 2 aromatic rings. The third-order valence-electron chi connectivity index (χ3n) is 1.31. The predicted molar refractivity (Wildman–Crippen MR) is 38.9 cm³/mol. The van der Waals surface area contributed by atoms with Crippen LogP contribution < -0.4 is 11.3 Å². The fraction of sp³-hybridized carbons (Fsp3) is 0. The smallest absolute Gasteiger partial charge is 0.278 e. The molecule has 6 nitrogen and oxygen atoms in total. The number of anilines is 1. The number of rotatable bonds is 0. The summed E-state index contributed by atoms with van der Waals surface area (Å²) >= 11 is 0. The fourth-order valence-corrected chi connectivity index (χ4v) is 0.860. The summed E-state index contributed by atoms with van der Waals surface area (Å²) in [6.45, 7) is 0. The Kier molecular flexibility index (Phi) is 2.28. The summed E-state index contributed by atoms with van der Waals surface area (Å²) in [7, 11) is 0. The maximum Gasteiger partial charge on any atom is 0.278 e. The molecule has 0 unspecified atom stereocenters. The predicted octanol–water partition coefficient (Wildman–Crippen LogP) is -0.774. The van der Waals surface area contributed by atoms with Crippen LogP contribution in [-0.2, 0) is 21.1 Å². The molecule has 0 radical (unpaired) electrons. The van der Waals surface area contributed by atoms with Gasteiger partial charge in [0.15, 0.2) is 11.2 Å². The van der Waals surface area contributed by atoms with Crippen LogP contribution in [0.1, 0.15) is 0 Å². The van der Waals surface area contributed by atoms with Gasteiger partial charge in [0.25, 0.3) is 5.56 Å². The van der Waals surface area contributed by atoms with Gasteiger partial charge in [0, 0.05) is 21.1 Å². The third-order valence-corrected chi connectivity index (χ3v) is 1.31. The minimum absolute atomic E-state index is 0. The first-order valence-corrected chi connectivity index (χ1v) is 2.96. The summed E-state index contributed by atoms with van der Waals surface area (Å²) < 4.78 is 0. The molecule has 0 aliphatic heterocycles. The Bertz CT molecular complexity index is 446. The van der Waals surface area contributed by atoms with Gasteiger partial charge in [0.1, 0.15) is 0 Å². The molecule has 4 N–H and O–H groups in total. The van der Waals surface area contributed by atoms with Crippen molar-refractivity contribution in [3.63, 3.8) is 0 Å². The minimum Gasteiger partial charge on any atom is -0.369 e. The molecule has 0 spiro atoms. The van der Waals surface area contributed by atoms with Crippen molar-refractivity contribution in [1.29, 1.82) is 0 Å². The second kappa shape index (κ2) is 3.06. The number of fused-ring (bicyclic) bond motifs is 1. The van der Waals surface area contributed by atoms with Gasteiger partial charge in [-0.05, 0) is 0 Å². The average molecular weight is 346 g/mol. The Balaban J connectivity index is 0.000000720. The van der Waals surface area contributed by atoms with Crippen molar-refractivity contribution < 1.29 is 21.1 Å². The van der Waals surface area contributed by atoms with Crippen LogP contribution in [0.3, 0.4) is 0 Å². The molecule has 0 amide bonds. The van der Waals surface area contributed by atoms with Crippen LogP contribution >= 0.6 is 0 Å². The van der Waals surface area contributed by atoms with Crippen molar-refractivity contribution in [2.75, 3.05) is 5.73 Å². The van der Waals surface area contributed by atoms with E-state index in [4.69, 9.17) is 5.73 Å². The first-order valence-electron chi connectivity index (χ1n) is 2.96. The summed E-state index contributed by atoms with van der Waals surface area (Å²) in [6, 6.07) is 0. The number of aromatic amines is 2. The molecule has 2 aromatic heterocycles. The molecule has 2 rings (SSSR count). The Morgan fingerprint density at radius 2 is 2.25 bits per heavy atom. The first kappa shape index (κ1) is 8.93. The normalized spacial score (nSPS) is 9.67. The number of imidazole rings is 1. The molecule has 7 heteroatoms. The maximum atomic E-state index is 11.0. The van der Waals surface area contributed by atoms with Crippen LogP contribution in [0.25, 0.3) is 11.2 Å². The van der Waals surface area contributed by atoms with Crippen molar-refractivity contribution in [3.8, 4) is 0 Å². The summed E-state index contributed by atoms with van der Waals surface area (Å²) in [4.78, 5) is 23.5. The van der Waals surface area contributed by atoms with Gasteiger partial charge >= 0.3 is 0 Å². The second-order valence-electron chi connectivity index (χ2n) is 2.05. The van der Waals surface area contributed by atoms with E-state index >= 15 is 0 Å². The van der Waals surface area contributed by atoms with Gasteiger partial charge in [-0.3, -0.25) is 9.78 Å². The van der Waals surface area contributed by atoms with Gasteiger partial charge in [0.2, 0.25) is 5.95 Å². The SMILES string of the molecule is Nc1nc2nc[nH]c2c(=O)[nH]1.[Pt]. The topological polar surface area (TPSA) is 100 Å². The number of H-pyrrole nitrogens is 2. The molecule has 0 aromatic carbocycles. The molecule has 0 bridgehead atoms. The standard InChI is InChI=1S/C5H5N5O.Pt/c6-5-9-3-2(4(11)10-5)7-1-8-3;/h1H,(H4,6,7,8,9,10,11);. The van der Waals surface area contributed by atoms with E-state index in [0.717, 1.165) is 0 Å². The van der Waals surface area contributed by atoms with Gasteiger partial charge in [-0.1, -0.05) is 0 Å². The van der Waals surface area contributed by atoms with E-state index in [1.807, 2.05) is 0 Å². The molecule has 0 atom stereocenters. The van der Waals surface area contributed by atoms with Gasteiger partial charge in [-0.2, -0.15) is 4.98 Å². The van der Waals surface area contributed by atoms with Crippen LogP contribution in [-0.4, -0.2) is 19.9 Å². The number of nitrogen functional groups attached to an aromatic ring is 1. The number of nitrogens with one attached hydrogen (secondary N) is 2. The van der Waals surface area contributed by atoms with Crippen LogP contribution in [0.2, 0.25) is 0 Å². The van der Waals surface area contributed by atoms with Crippen LogP contribution in [0.15, 0.2) is 11.1 Å². The van der Waals surface area contributed by atoms with Crippen molar-refractivity contribution >= 4 is 17.1 Å². The summed E-state index contributed by atoms with van der Waals surface area (Å²) in [5.74, 6) is 0.0783. The molecule has 0 saturated carbocycles. The molecule has 0 aliphatic rings. The number of nitrogens with two attached hydrogens (primary N) is 1. The Morgan fingerprint density at radius 1 is 1.50 bits per heavy atom. The third kappa shape index (κ3) is 1.25. The van der Waals surface area contributed by atoms with E-state index in [1.54, 1.807) is 0 Å². The van der Waals surface area contributed by atoms with Gasteiger partial charge in [-0.15, -0.1) is 0 Å². The van der Waals surface area contributed by atoms with E-state index in [1.165, 1.54) is 6.33 Å². The summed E-state index contributed by atoms with van der Waals surface area (Å²) in [6.07, 6.45) is 1.40. The van der Waals surface area contributed by atoms with Crippen LogP contribution in [0, 0.1) is 0 Å². The zero-order valence-electron chi connectivity index (χ0n) is 5.77. The fourth-order valence-electron chi connectivity index (χ4n) is 0.860. The second-order valence-corrected chi connectivity index (χ2v) is 2.05. The van der Waals surface area contributed by atoms with E-state index in [-0.39, 0.29) is 32.6 Å². The first-order chi connectivity index (χ1) is 5.27. The quantitative estimate of drug-likeness (QED) is 0.583. The Labute approximate surface area is 80.9 Å². The van der Waals surface area contributed by atoms with Gasteiger partial charge < -0.3 is 10.7 Å². The molecule has 0 fully saturated rings. The molecular weight excluding hydrogens is 341 g/mol. The summed E-state index contributed by atoms with van der Waals surface area (Å²) in [5.41, 5.74) is 5.65. The van der Waals surface area contributed by atoms with E-state index in [2.05, 4.69) is 19.9 Å². The molecule has 0 saturated heterocycles. The van der Waals surface area contributed by atoms with Crippen molar-refractivity contribution in [2.45, 2.75) is 0 Å². The monoisotopic (exact) mass is 346 g/mol. The largest absolute Gasteiger partial charge is 0.369 e. The average Bonchev–Trinajstić information content (AvgIpc) is 2.34. The van der Waals surface area contributed by atoms with Gasteiger partial charge in [-0.25, -0.2) is 4.98 Å². The van der Waals surface area contributed by atoms with Gasteiger partial charge in [0.05, 0.1) is 6.33 Å². The number of hydrogen-bond donors (Lipinski definition) is 3. The number of nitrogens with zero attached hydrogens (tertiary/aromatic N) is 2. The van der Waals surface area contributed by atoms with E-state index < -0.39 is 0 Å². The Hall–Kier alpha value is -1.16. The Morgan fingerprint density at radius 3 is 3.00 bits per heavy atom. The van der Waals surface area contributed by atoms with E-state index in [0.29, 0.717) is 11.2 Å². The number of hydrogen-bond acceptors (Lipinski definition) is 4. The van der Waals surface area contributed by atoms with E-state index in [9.17, 15) is 4.79 Å². The molecule has 2 heterocycles. The van der Waals surface area contributed by atoms with Crippen molar-refractivity contribution in [1.82, 2.24) is 19.9 Å². The zero-order chi connectivity index (χ0) is 7.84. The maximum absolute atomic E-state index is 11.0. The zero-order valence-corrected chi connectivity index (χ0v) is 8.05.